The zero-order chi connectivity index (χ0) is 21.8. The van der Waals surface area contributed by atoms with E-state index < -0.39 is 5.91 Å². The number of aromatic amines is 1. The molecule has 1 heterocycles. The number of nitrogens with one attached hydrogen (secondary N) is 2. The van der Waals surface area contributed by atoms with Crippen LogP contribution in [0.2, 0.25) is 0 Å². The van der Waals surface area contributed by atoms with Crippen molar-refractivity contribution >= 4 is 29.0 Å². The molecule has 0 saturated carbocycles. The van der Waals surface area contributed by atoms with Crippen LogP contribution in [0.5, 0.6) is 5.75 Å². The number of hydrogen-bond donors (Lipinski definition) is 2. The first-order valence-electron chi connectivity index (χ1n) is 9.57. The third kappa shape index (κ3) is 4.30. The van der Waals surface area contributed by atoms with Crippen LogP contribution in [0, 0.1) is 11.6 Å². The van der Waals surface area contributed by atoms with Crippen molar-refractivity contribution in [2.24, 2.45) is 0 Å². The summed E-state index contributed by atoms with van der Waals surface area (Å²) in [6.45, 7) is 0.0510. The van der Waals surface area contributed by atoms with Gasteiger partial charge in [-0.15, -0.1) is 0 Å². The van der Waals surface area contributed by atoms with E-state index in [4.69, 9.17) is 4.74 Å². The number of carbonyl (C=O) groups excluding carboxylic acids is 1. The fourth-order valence-corrected chi connectivity index (χ4v) is 3.28. The third-order valence-corrected chi connectivity index (χ3v) is 4.86. The van der Waals surface area contributed by atoms with Crippen molar-refractivity contribution in [3.05, 3.63) is 94.7 Å². The molecule has 0 radical (unpaired) electrons. The summed E-state index contributed by atoms with van der Waals surface area (Å²) >= 11 is 0. The maximum Gasteiger partial charge on any atom is 0.255 e. The van der Waals surface area contributed by atoms with Crippen molar-refractivity contribution in [3.8, 4) is 5.75 Å². The molecule has 0 spiro atoms. The predicted molar refractivity (Wildman–Crippen MR) is 116 cm³/mol. The van der Waals surface area contributed by atoms with Crippen molar-refractivity contribution in [2.45, 2.75) is 6.54 Å². The van der Waals surface area contributed by atoms with Crippen LogP contribution in [0.4, 0.5) is 8.78 Å². The van der Waals surface area contributed by atoms with Gasteiger partial charge in [0.1, 0.15) is 17.4 Å². The number of ether oxygens (including phenoxy) is 1. The smallest absolute Gasteiger partial charge is 0.255 e. The lowest BCUT2D eigenvalue weighted by Gasteiger charge is -2.11. The van der Waals surface area contributed by atoms with Gasteiger partial charge in [0.2, 0.25) is 0 Å². The fourth-order valence-electron chi connectivity index (χ4n) is 3.28. The average Bonchev–Trinajstić information content (AvgIpc) is 3.20. The number of nitrogens with zero attached hydrogens (tertiary/aromatic N) is 1. The van der Waals surface area contributed by atoms with Crippen LogP contribution in [0.3, 0.4) is 0 Å². The van der Waals surface area contributed by atoms with Gasteiger partial charge in [0.05, 0.1) is 29.3 Å². The molecule has 1 amide bonds. The number of methoxy groups -OCH3 is 1. The van der Waals surface area contributed by atoms with E-state index in [9.17, 15) is 13.6 Å². The number of halogens is 2. The van der Waals surface area contributed by atoms with Gasteiger partial charge >= 0.3 is 0 Å². The number of rotatable bonds is 6. The minimum atomic E-state index is -0.392. The lowest BCUT2D eigenvalue weighted by molar-refractivity contribution is 0.0948. The quantitative estimate of drug-likeness (QED) is 0.465. The van der Waals surface area contributed by atoms with Crippen molar-refractivity contribution in [1.82, 2.24) is 15.5 Å². The Kier molecular flexibility index (Phi) is 5.75. The van der Waals surface area contributed by atoms with Crippen LogP contribution in [0.15, 0.2) is 60.7 Å². The van der Waals surface area contributed by atoms with E-state index in [0.717, 1.165) is 5.56 Å². The molecule has 0 unspecified atom stereocenters. The third-order valence-electron chi connectivity index (χ3n) is 4.86. The summed E-state index contributed by atoms with van der Waals surface area (Å²) in [5, 5.41) is 10.6. The Labute approximate surface area is 177 Å². The molecule has 156 valence electrons. The molecule has 1 aromatic heterocycles. The van der Waals surface area contributed by atoms with E-state index >= 15 is 0 Å². The van der Waals surface area contributed by atoms with E-state index in [1.165, 1.54) is 25.3 Å². The van der Waals surface area contributed by atoms with E-state index in [0.29, 0.717) is 33.5 Å². The van der Waals surface area contributed by atoms with Gasteiger partial charge in [-0.3, -0.25) is 9.89 Å². The van der Waals surface area contributed by atoms with Crippen LogP contribution in [-0.4, -0.2) is 23.2 Å². The monoisotopic (exact) mass is 419 g/mol. The zero-order valence-corrected chi connectivity index (χ0v) is 16.7. The Hall–Kier alpha value is -4.00. The molecule has 3 aromatic carbocycles. The van der Waals surface area contributed by atoms with Gasteiger partial charge in [-0.05, 0) is 42.0 Å². The van der Waals surface area contributed by atoms with Gasteiger partial charge in [0.15, 0.2) is 0 Å². The number of carbonyl (C=O) groups is 1. The first-order chi connectivity index (χ1) is 15.1. The maximum atomic E-state index is 13.8. The van der Waals surface area contributed by atoms with Gasteiger partial charge in [0.25, 0.3) is 5.91 Å². The summed E-state index contributed by atoms with van der Waals surface area (Å²) in [6.07, 6.45) is 3.55. The summed E-state index contributed by atoms with van der Waals surface area (Å²) in [4.78, 5) is 12.8. The van der Waals surface area contributed by atoms with Gasteiger partial charge in [0, 0.05) is 12.1 Å². The fraction of sp³-hybridized carbons (Fsp3) is 0.0833. The molecule has 0 saturated heterocycles. The highest BCUT2D eigenvalue weighted by Gasteiger charge is 2.19. The molecule has 0 aliphatic heterocycles. The Morgan fingerprint density at radius 3 is 2.58 bits per heavy atom. The highest BCUT2D eigenvalue weighted by atomic mass is 19.1. The zero-order valence-electron chi connectivity index (χ0n) is 16.7. The first kappa shape index (κ1) is 20.3. The number of hydrogen-bond acceptors (Lipinski definition) is 3. The minimum absolute atomic E-state index is 0.0510. The Bertz CT molecular complexity index is 1260. The summed E-state index contributed by atoms with van der Waals surface area (Å²) in [5.74, 6) is -0.726. The summed E-state index contributed by atoms with van der Waals surface area (Å²) in [7, 11) is 1.48. The Morgan fingerprint density at radius 1 is 1.06 bits per heavy atom. The molecule has 0 aliphatic rings. The second kappa shape index (κ2) is 8.79. The highest BCUT2D eigenvalue weighted by molar-refractivity contribution is 6.05. The normalized spacial score (nSPS) is 11.2. The summed E-state index contributed by atoms with van der Waals surface area (Å²) in [6, 6.07) is 15.7. The van der Waals surface area contributed by atoms with Gasteiger partial charge in [-0.2, -0.15) is 5.10 Å². The number of benzene rings is 3. The standard InChI is InChI=1S/C24H19F2N3O2/c1-31-23-18(24(30)27-14-16-4-2-3-5-19(16)26)11-13-21-22(23)20(28-29-21)12-8-15-6-9-17(25)10-7-15/h2-13H,14H2,1H3,(H,27,30)(H,28,29)/b12-8+. The lowest BCUT2D eigenvalue weighted by Crippen LogP contribution is -2.23. The summed E-state index contributed by atoms with van der Waals surface area (Å²) < 4.78 is 32.5. The minimum Gasteiger partial charge on any atom is -0.495 e. The van der Waals surface area contributed by atoms with Crippen molar-refractivity contribution in [1.29, 1.82) is 0 Å². The molecule has 31 heavy (non-hydrogen) atoms. The molecule has 4 aromatic rings. The van der Waals surface area contributed by atoms with Gasteiger partial charge < -0.3 is 10.1 Å². The maximum absolute atomic E-state index is 13.8. The molecule has 0 atom stereocenters. The predicted octanol–water partition coefficient (Wildman–Crippen LogP) is 4.95. The van der Waals surface area contributed by atoms with Crippen molar-refractivity contribution in [3.63, 3.8) is 0 Å². The van der Waals surface area contributed by atoms with Crippen LogP contribution < -0.4 is 10.1 Å². The second-order valence-corrected chi connectivity index (χ2v) is 6.84. The van der Waals surface area contributed by atoms with E-state index in [1.807, 2.05) is 0 Å². The number of amides is 1. The number of fused-ring (bicyclic) bond motifs is 1. The SMILES string of the molecule is COc1c(C(=O)NCc2ccccc2F)ccc2[nH]nc(/C=C/c3ccc(F)cc3)c12. The molecule has 0 aliphatic carbocycles. The molecular weight excluding hydrogens is 400 g/mol. The number of aromatic nitrogens is 2. The van der Waals surface area contributed by atoms with Crippen molar-refractivity contribution < 1.29 is 18.3 Å². The molecule has 7 heteroatoms. The topological polar surface area (TPSA) is 67.0 Å². The first-order valence-corrected chi connectivity index (χ1v) is 9.57. The largest absolute Gasteiger partial charge is 0.495 e. The lowest BCUT2D eigenvalue weighted by atomic mass is 10.1. The van der Waals surface area contributed by atoms with E-state index in [-0.39, 0.29) is 18.2 Å². The Morgan fingerprint density at radius 2 is 1.84 bits per heavy atom. The molecule has 0 fully saturated rings. The average molecular weight is 419 g/mol. The Balaban J connectivity index is 1.64. The van der Waals surface area contributed by atoms with E-state index in [1.54, 1.807) is 54.6 Å². The highest BCUT2D eigenvalue weighted by Crippen LogP contribution is 2.32. The number of H-pyrrole nitrogens is 1. The van der Waals surface area contributed by atoms with Crippen LogP contribution in [-0.2, 0) is 6.54 Å². The van der Waals surface area contributed by atoms with Crippen LogP contribution in [0.1, 0.15) is 27.2 Å². The van der Waals surface area contributed by atoms with Crippen molar-refractivity contribution in [2.75, 3.05) is 7.11 Å². The molecule has 2 N–H and O–H groups in total. The van der Waals surface area contributed by atoms with Crippen LogP contribution in [0.25, 0.3) is 23.1 Å². The summed E-state index contributed by atoms with van der Waals surface area (Å²) in [5.41, 5.74) is 2.77. The molecule has 5 nitrogen and oxygen atoms in total. The van der Waals surface area contributed by atoms with Gasteiger partial charge in [-0.25, -0.2) is 8.78 Å². The van der Waals surface area contributed by atoms with Crippen LogP contribution >= 0.6 is 0 Å². The van der Waals surface area contributed by atoms with Gasteiger partial charge in [-0.1, -0.05) is 36.4 Å². The molecule has 0 bridgehead atoms. The molecular formula is C24H19F2N3O2. The van der Waals surface area contributed by atoms with E-state index in [2.05, 4.69) is 15.5 Å². The molecule has 4 rings (SSSR count). The second-order valence-electron chi connectivity index (χ2n) is 6.84.